The molecule has 8 nitrogen and oxygen atoms in total. The molecule has 1 saturated heterocycles. The molecule has 0 atom stereocenters. The van der Waals surface area contributed by atoms with Gasteiger partial charge in [0.2, 0.25) is 11.8 Å². The Morgan fingerprint density at radius 1 is 1.17 bits per heavy atom. The normalized spacial score (nSPS) is 18.4. The van der Waals surface area contributed by atoms with Crippen LogP contribution in [0.4, 0.5) is 0 Å². The van der Waals surface area contributed by atoms with Crippen LogP contribution in [-0.4, -0.2) is 72.5 Å². The summed E-state index contributed by atoms with van der Waals surface area (Å²) in [5.41, 5.74) is 0.915. The molecule has 3 rings (SSSR count). The van der Waals surface area contributed by atoms with Crippen LogP contribution < -0.4 is 10.6 Å². The third kappa shape index (κ3) is 7.11. The quantitative estimate of drug-likeness (QED) is 0.319. The van der Waals surface area contributed by atoms with Gasteiger partial charge in [0.1, 0.15) is 12.3 Å². The molecule has 9 heteroatoms. The highest BCUT2D eigenvalue weighted by Gasteiger charge is 2.29. The number of carbonyl (C=O) groups is 1. The zero-order chi connectivity index (χ0) is 20.6. The first-order chi connectivity index (χ1) is 14.1. The van der Waals surface area contributed by atoms with Gasteiger partial charge in [-0.05, 0) is 33.6 Å². The maximum absolute atomic E-state index is 12.6. The van der Waals surface area contributed by atoms with Crippen LogP contribution in [0.2, 0.25) is 0 Å². The minimum atomic E-state index is 0. The van der Waals surface area contributed by atoms with E-state index in [4.69, 9.17) is 4.42 Å². The Kier molecular flexibility index (Phi) is 10.4. The number of piperazine rings is 1. The maximum Gasteiger partial charge on any atom is 0.225 e. The molecule has 1 aromatic heterocycles. The number of aromatic nitrogens is 1. The summed E-state index contributed by atoms with van der Waals surface area (Å²) in [6.45, 7) is 12.5. The zero-order valence-electron chi connectivity index (χ0n) is 18.6. The number of nitrogens with one attached hydrogen (secondary N) is 2. The number of oxazole rings is 1. The van der Waals surface area contributed by atoms with Crippen LogP contribution in [0.15, 0.2) is 9.41 Å². The molecule has 0 radical (unpaired) electrons. The zero-order valence-corrected chi connectivity index (χ0v) is 20.9. The highest BCUT2D eigenvalue weighted by Crippen LogP contribution is 2.26. The van der Waals surface area contributed by atoms with Gasteiger partial charge in [-0.1, -0.05) is 12.8 Å². The molecule has 1 saturated carbocycles. The van der Waals surface area contributed by atoms with E-state index in [0.717, 1.165) is 76.1 Å². The van der Waals surface area contributed by atoms with E-state index in [1.54, 1.807) is 0 Å². The lowest BCUT2D eigenvalue weighted by Crippen LogP contribution is -2.51. The molecule has 0 spiro atoms. The SMILES string of the molecule is CCNC(=NCc1nc(C)c(C)o1)NCCN1CCN(C(=O)C2CCCC2)CC1.I. The van der Waals surface area contributed by atoms with Crippen molar-refractivity contribution in [3.05, 3.63) is 17.3 Å². The van der Waals surface area contributed by atoms with Gasteiger partial charge in [-0.15, -0.1) is 24.0 Å². The van der Waals surface area contributed by atoms with Gasteiger partial charge in [0.15, 0.2) is 5.96 Å². The maximum atomic E-state index is 12.6. The second kappa shape index (κ2) is 12.5. The first-order valence-corrected chi connectivity index (χ1v) is 11.0. The molecule has 1 aliphatic heterocycles. The Balaban J connectivity index is 0.00000320. The molecule has 1 amide bonds. The minimum absolute atomic E-state index is 0. The number of amides is 1. The molecular weight excluding hydrogens is 495 g/mol. The molecule has 1 aliphatic carbocycles. The number of aryl methyl sites for hydroxylation is 2. The van der Waals surface area contributed by atoms with Crippen molar-refractivity contribution in [1.82, 2.24) is 25.4 Å². The van der Waals surface area contributed by atoms with Gasteiger partial charge in [-0.2, -0.15) is 0 Å². The lowest BCUT2D eigenvalue weighted by atomic mass is 10.1. The predicted molar refractivity (Wildman–Crippen MR) is 129 cm³/mol. The van der Waals surface area contributed by atoms with Gasteiger partial charge < -0.3 is 20.0 Å². The summed E-state index contributed by atoms with van der Waals surface area (Å²) in [6, 6.07) is 0. The number of aliphatic imine (C=N–C) groups is 1. The summed E-state index contributed by atoms with van der Waals surface area (Å²) in [6.07, 6.45) is 4.60. The van der Waals surface area contributed by atoms with E-state index in [0.29, 0.717) is 24.3 Å². The largest absolute Gasteiger partial charge is 0.444 e. The van der Waals surface area contributed by atoms with Crippen molar-refractivity contribution in [3.63, 3.8) is 0 Å². The number of guanidine groups is 1. The van der Waals surface area contributed by atoms with Crippen molar-refractivity contribution in [2.45, 2.75) is 53.0 Å². The van der Waals surface area contributed by atoms with Crippen LogP contribution in [0, 0.1) is 19.8 Å². The van der Waals surface area contributed by atoms with Gasteiger partial charge in [0, 0.05) is 51.7 Å². The van der Waals surface area contributed by atoms with E-state index in [1.807, 2.05) is 13.8 Å². The van der Waals surface area contributed by atoms with Crippen molar-refractivity contribution in [1.29, 1.82) is 0 Å². The Morgan fingerprint density at radius 3 is 2.47 bits per heavy atom. The average Bonchev–Trinajstić information content (AvgIpc) is 3.36. The number of hydrogen-bond donors (Lipinski definition) is 2. The molecule has 2 aliphatic rings. The summed E-state index contributed by atoms with van der Waals surface area (Å²) < 4.78 is 5.59. The van der Waals surface area contributed by atoms with Crippen molar-refractivity contribution in [2.75, 3.05) is 45.8 Å². The second-order valence-electron chi connectivity index (χ2n) is 8.02. The van der Waals surface area contributed by atoms with Gasteiger partial charge in [-0.3, -0.25) is 9.69 Å². The molecule has 2 fully saturated rings. The Hall–Kier alpha value is -1.36. The van der Waals surface area contributed by atoms with Crippen LogP contribution in [0.3, 0.4) is 0 Å². The molecule has 1 aromatic rings. The third-order valence-corrected chi connectivity index (χ3v) is 5.90. The summed E-state index contributed by atoms with van der Waals surface area (Å²) in [5, 5.41) is 6.65. The first-order valence-electron chi connectivity index (χ1n) is 11.0. The fourth-order valence-corrected chi connectivity index (χ4v) is 4.05. The van der Waals surface area contributed by atoms with Gasteiger partial charge in [0.25, 0.3) is 0 Å². The monoisotopic (exact) mass is 532 g/mol. The van der Waals surface area contributed by atoms with Crippen molar-refractivity contribution in [2.24, 2.45) is 10.9 Å². The van der Waals surface area contributed by atoms with E-state index in [2.05, 4.69) is 37.3 Å². The van der Waals surface area contributed by atoms with E-state index in [1.165, 1.54) is 12.8 Å². The summed E-state index contributed by atoms with van der Waals surface area (Å²) in [5.74, 6) is 2.94. The molecule has 0 bridgehead atoms. The molecule has 0 unspecified atom stereocenters. The molecule has 170 valence electrons. The smallest absolute Gasteiger partial charge is 0.225 e. The van der Waals surface area contributed by atoms with Gasteiger partial charge >= 0.3 is 0 Å². The summed E-state index contributed by atoms with van der Waals surface area (Å²) >= 11 is 0. The van der Waals surface area contributed by atoms with Crippen LogP contribution in [0.25, 0.3) is 0 Å². The van der Waals surface area contributed by atoms with Crippen LogP contribution in [0.1, 0.15) is 50.0 Å². The van der Waals surface area contributed by atoms with Crippen molar-refractivity contribution < 1.29 is 9.21 Å². The Bertz CT molecular complexity index is 674. The van der Waals surface area contributed by atoms with Crippen LogP contribution in [-0.2, 0) is 11.3 Å². The van der Waals surface area contributed by atoms with E-state index < -0.39 is 0 Å². The number of rotatable bonds is 7. The Morgan fingerprint density at radius 2 is 1.87 bits per heavy atom. The Labute approximate surface area is 197 Å². The first kappa shape index (κ1) is 24.9. The number of nitrogens with zero attached hydrogens (tertiary/aromatic N) is 4. The van der Waals surface area contributed by atoms with Gasteiger partial charge in [-0.25, -0.2) is 9.98 Å². The van der Waals surface area contributed by atoms with Crippen molar-refractivity contribution in [3.8, 4) is 0 Å². The number of hydrogen-bond acceptors (Lipinski definition) is 5. The van der Waals surface area contributed by atoms with E-state index in [9.17, 15) is 4.79 Å². The average molecular weight is 532 g/mol. The molecular formula is C21H37IN6O2. The van der Waals surface area contributed by atoms with E-state index in [-0.39, 0.29) is 24.0 Å². The van der Waals surface area contributed by atoms with Crippen molar-refractivity contribution >= 4 is 35.8 Å². The molecule has 2 heterocycles. The summed E-state index contributed by atoms with van der Waals surface area (Å²) in [7, 11) is 0. The number of halogens is 1. The lowest BCUT2D eigenvalue weighted by Gasteiger charge is -2.36. The highest BCUT2D eigenvalue weighted by atomic mass is 127. The molecule has 2 N–H and O–H groups in total. The highest BCUT2D eigenvalue weighted by molar-refractivity contribution is 14.0. The second-order valence-corrected chi connectivity index (χ2v) is 8.02. The lowest BCUT2D eigenvalue weighted by molar-refractivity contribution is -0.137. The standard InChI is InChI=1S/C21H36N6O2.HI/c1-4-22-21(24-15-19-25-16(2)17(3)29-19)23-9-10-26-11-13-27(14-12-26)20(28)18-7-5-6-8-18;/h18H,4-15H2,1-3H3,(H2,22,23,24);1H. The van der Waals surface area contributed by atoms with Gasteiger partial charge in [0.05, 0.1) is 5.69 Å². The predicted octanol–water partition coefficient (Wildman–Crippen LogP) is 2.30. The third-order valence-electron chi connectivity index (χ3n) is 5.90. The van der Waals surface area contributed by atoms with Crippen LogP contribution >= 0.6 is 24.0 Å². The fraction of sp³-hybridized carbons (Fsp3) is 0.762. The summed E-state index contributed by atoms with van der Waals surface area (Å²) in [4.78, 5) is 26.0. The molecule has 0 aromatic carbocycles. The topological polar surface area (TPSA) is 86.0 Å². The fourth-order valence-electron chi connectivity index (χ4n) is 4.05. The number of carbonyl (C=O) groups excluding carboxylic acids is 1. The minimum Gasteiger partial charge on any atom is -0.444 e. The van der Waals surface area contributed by atoms with Crippen LogP contribution in [0.5, 0.6) is 0 Å². The van der Waals surface area contributed by atoms with E-state index >= 15 is 0 Å². The molecule has 30 heavy (non-hydrogen) atoms.